The van der Waals surface area contributed by atoms with Gasteiger partial charge in [-0.05, 0) is 6.42 Å². The van der Waals surface area contributed by atoms with Crippen LogP contribution in [0.15, 0.2) is 0 Å². The van der Waals surface area contributed by atoms with Crippen LogP contribution in [0.4, 0.5) is 0 Å². The van der Waals surface area contributed by atoms with E-state index in [0.717, 1.165) is 25.7 Å². The molecule has 1 atom stereocenters. The fourth-order valence-corrected chi connectivity index (χ4v) is 1.28. The number of nitrogens with one attached hydrogen (secondary N) is 1. The van der Waals surface area contributed by atoms with E-state index in [1.165, 1.54) is 6.42 Å². The van der Waals surface area contributed by atoms with Crippen molar-refractivity contribution in [2.45, 2.75) is 51.6 Å². The number of hydrogen-bond acceptors (Lipinski definition) is 3. The zero-order valence-electron chi connectivity index (χ0n) is 9.74. The quantitative estimate of drug-likeness (QED) is 0.515. The van der Waals surface area contributed by atoms with E-state index in [2.05, 4.69) is 12.2 Å². The van der Waals surface area contributed by atoms with Crippen LogP contribution in [0.1, 0.15) is 45.4 Å². The molecule has 0 aliphatic carbocycles. The molecular formula is C11H21NO4. The fraction of sp³-hybridized carbons (Fsp3) is 0.818. The molecular weight excluding hydrogens is 210 g/mol. The predicted octanol–water partition coefficient (Wildman–Crippen LogP) is 0.909. The Kier molecular flexibility index (Phi) is 8.52. The molecule has 0 aliphatic heterocycles. The number of carboxylic acids is 1. The summed E-state index contributed by atoms with van der Waals surface area (Å²) in [5.41, 5.74) is 0. The van der Waals surface area contributed by atoms with E-state index in [4.69, 9.17) is 10.2 Å². The second-order valence-corrected chi connectivity index (χ2v) is 3.82. The topological polar surface area (TPSA) is 86.6 Å². The van der Waals surface area contributed by atoms with Gasteiger partial charge in [-0.15, -0.1) is 0 Å². The van der Waals surface area contributed by atoms with Crippen molar-refractivity contribution in [3.63, 3.8) is 0 Å². The Bertz CT molecular complexity index is 218. The average Bonchev–Trinajstić information content (AvgIpc) is 2.25. The third kappa shape index (κ3) is 8.23. The normalized spacial score (nSPS) is 12.1. The molecule has 0 saturated heterocycles. The van der Waals surface area contributed by atoms with E-state index in [1.807, 2.05) is 0 Å². The smallest absolute Gasteiger partial charge is 0.334 e. The number of aliphatic carboxylic acids is 1. The lowest BCUT2D eigenvalue weighted by Crippen LogP contribution is -2.36. The van der Waals surface area contributed by atoms with Gasteiger partial charge < -0.3 is 15.5 Å². The molecule has 0 fully saturated rings. The zero-order chi connectivity index (χ0) is 12.4. The highest BCUT2D eigenvalue weighted by atomic mass is 16.4. The number of carboxylic acid groups (broad SMARTS) is 1. The maximum Gasteiger partial charge on any atom is 0.334 e. The molecule has 0 aromatic rings. The van der Waals surface area contributed by atoms with Crippen LogP contribution in [0.3, 0.4) is 0 Å². The number of rotatable bonds is 9. The van der Waals surface area contributed by atoms with Crippen molar-refractivity contribution in [3.05, 3.63) is 0 Å². The Labute approximate surface area is 95.9 Å². The molecule has 0 spiro atoms. The lowest BCUT2D eigenvalue weighted by molar-refractivity contribution is -0.146. The molecule has 0 radical (unpaired) electrons. The molecule has 5 heteroatoms. The van der Waals surface area contributed by atoms with E-state index >= 15 is 0 Å². The first kappa shape index (κ1) is 14.9. The fourth-order valence-electron chi connectivity index (χ4n) is 1.28. The van der Waals surface area contributed by atoms with Crippen LogP contribution in [0.5, 0.6) is 0 Å². The van der Waals surface area contributed by atoms with Crippen LogP contribution >= 0.6 is 0 Å². The highest BCUT2D eigenvalue weighted by molar-refractivity contribution is 5.77. The summed E-state index contributed by atoms with van der Waals surface area (Å²) >= 11 is 0. The summed E-state index contributed by atoms with van der Waals surface area (Å²) in [7, 11) is 0. The molecule has 5 nitrogen and oxygen atoms in total. The second-order valence-electron chi connectivity index (χ2n) is 3.82. The van der Waals surface area contributed by atoms with Crippen molar-refractivity contribution >= 4 is 11.9 Å². The van der Waals surface area contributed by atoms with Gasteiger partial charge in [-0.1, -0.05) is 32.6 Å². The zero-order valence-corrected chi connectivity index (χ0v) is 9.74. The van der Waals surface area contributed by atoms with E-state index in [1.54, 1.807) is 0 Å². The summed E-state index contributed by atoms with van der Waals surface area (Å²) in [5, 5.41) is 19.7. The van der Waals surface area contributed by atoms with Crippen molar-refractivity contribution in [1.82, 2.24) is 5.32 Å². The van der Waals surface area contributed by atoms with E-state index in [-0.39, 0.29) is 12.5 Å². The van der Waals surface area contributed by atoms with E-state index in [9.17, 15) is 9.59 Å². The van der Waals surface area contributed by atoms with Crippen molar-refractivity contribution in [2.75, 3.05) is 6.54 Å². The van der Waals surface area contributed by atoms with Crippen LogP contribution in [0.25, 0.3) is 0 Å². The van der Waals surface area contributed by atoms with Gasteiger partial charge in [0.05, 0.1) is 6.54 Å². The Morgan fingerprint density at radius 3 is 2.38 bits per heavy atom. The SMILES string of the molecule is CCCCCCCC(=O)NCC(O)C(=O)O. The van der Waals surface area contributed by atoms with Crippen molar-refractivity contribution in [3.8, 4) is 0 Å². The molecule has 3 N–H and O–H groups in total. The highest BCUT2D eigenvalue weighted by Crippen LogP contribution is 2.04. The summed E-state index contributed by atoms with van der Waals surface area (Å²) in [5.74, 6) is -1.51. The molecule has 0 heterocycles. The third-order valence-electron chi connectivity index (χ3n) is 2.29. The number of aliphatic hydroxyl groups is 1. The molecule has 0 aromatic carbocycles. The van der Waals surface area contributed by atoms with Crippen LogP contribution in [-0.4, -0.2) is 34.7 Å². The van der Waals surface area contributed by atoms with Crippen molar-refractivity contribution in [2.24, 2.45) is 0 Å². The Balaban J connectivity index is 3.41. The standard InChI is InChI=1S/C11H21NO4/c1-2-3-4-5-6-7-10(14)12-8-9(13)11(15)16/h9,13H,2-8H2,1H3,(H,12,14)(H,15,16). The van der Waals surface area contributed by atoms with E-state index in [0.29, 0.717) is 6.42 Å². The Morgan fingerprint density at radius 2 is 1.81 bits per heavy atom. The minimum Gasteiger partial charge on any atom is -0.479 e. The van der Waals surface area contributed by atoms with Gasteiger partial charge in [0.2, 0.25) is 5.91 Å². The minimum atomic E-state index is -1.51. The number of unbranched alkanes of at least 4 members (excludes halogenated alkanes) is 4. The Hall–Kier alpha value is -1.10. The summed E-state index contributed by atoms with van der Waals surface area (Å²) < 4.78 is 0. The van der Waals surface area contributed by atoms with Gasteiger partial charge in [0.25, 0.3) is 0 Å². The number of hydrogen-bond donors (Lipinski definition) is 3. The Morgan fingerprint density at radius 1 is 1.19 bits per heavy atom. The van der Waals surface area contributed by atoms with Gasteiger partial charge in [-0.3, -0.25) is 4.79 Å². The molecule has 16 heavy (non-hydrogen) atoms. The molecule has 0 bridgehead atoms. The van der Waals surface area contributed by atoms with Crippen LogP contribution in [0, 0.1) is 0 Å². The lowest BCUT2D eigenvalue weighted by Gasteiger charge is -2.07. The van der Waals surface area contributed by atoms with Crippen LogP contribution < -0.4 is 5.32 Å². The van der Waals surface area contributed by atoms with Gasteiger partial charge >= 0.3 is 5.97 Å². The third-order valence-corrected chi connectivity index (χ3v) is 2.29. The first-order chi connectivity index (χ1) is 7.57. The highest BCUT2D eigenvalue weighted by Gasteiger charge is 2.13. The summed E-state index contributed by atoms with van der Waals surface area (Å²) in [6.07, 6.45) is 4.19. The first-order valence-electron chi connectivity index (χ1n) is 5.75. The maximum absolute atomic E-state index is 11.2. The average molecular weight is 231 g/mol. The minimum absolute atomic E-state index is 0.197. The predicted molar refractivity (Wildman–Crippen MR) is 60.0 cm³/mol. The number of aliphatic hydroxyl groups excluding tert-OH is 1. The number of amides is 1. The molecule has 1 amide bonds. The first-order valence-corrected chi connectivity index (χ1v) is 5.75. The molecule has 0 rings (SSSR count). The van der Waals surface area contributed by atoms with Crippen molar-refractivity contribution < 1.29 is 19.8 Å². The number of carbonyl (C=O) groups excluding carboxylic acids is 1. The molecule has 0 saturated carbocycles. The van der Waals surface area contributed by atoms with Gasteiger partial charge in [-0.2, -0.15) is 0 Å². The second kappa shape index (κ2) is 9.15. The van der Waals surface area contributed by atoms with Gasteiger partial charge in [-0.25, -0.2) is 4.79 Å². The largest absolute Gasteiger partial charge is 0.479 e. The molecule has 0 aromatic heterocycles. The molecule has 0 aliphatic rings. The van der Waals surface area contributed by atoms with Crippen molar-refractivity contribution in [1.29, 1.82) is 0 Å². The van der Waals surface area contributed by atoms with Gasteiger partial charge in [0, 0.05) is 6.42 Å². The summed E-state index contributed by atoms with van der Waals surface area (Å²) in [6.45, 7) is 1.91. The monoisotopic (exact) mass is 231 g/mol. The van der Waals surface area contributed by atoms with Crippen LogP contribution in [0.2, 0.25) is 0 Å². The van der Waals surface area contributed by atoms with Gasteiger partial charge in [0.1, 0.15) is 0 Å². The molecule has 94 valence electrons. The van der Waals surface area contributed by atoms with Crippen LogP contribution in [-0.2, 0) is 9.59 Å². The number of carbonyl (C=O) groups is 2. The summed E-state index contributed by atoms with van der Waals surface area (Å²) in [6, 6.07) is 0. The lowest BCUT2D eigenvalue weighted by atomic mass is 10.1. The van der Waals surface area contributed by atoms with E-state index < -0.39 is 12.1 Å². The van der Waals surface area contributed by atoms with Gasteiger partial charge in [0.15, 0.2) is 6.10 Å². The maximum atomic E-state index is 11.2. The summed E-state index contributed by atoms with van der Waals surface area (Å²) in [4.78, 5) is 21.4. The molecule has 1 unspecified atom stereocenters.